The van der Waals surface area contributed by atoms with Crippen molar-refractivity contribution in [1.82, 2.24) is 0 Å². The third-order valence-corrected chi connectivity index (χ3v) is 2.96. The van der Waals surface area contributed by atoms with Gasteiger partial charge >= 0.3 is 0 Å². The SMILES string of the molecule is COCc1ccccc1C(=O)Nc1ccc(CO)cc1. The zero-order valence-electron chi connectivity index (χ0n) is 11.3. The molecule has 0 aliphatic rings. The van der Waals surface area contributed by atoms with E-state index >= 15 is 0 Å². The Hall–Kier alpha value is -2.17. The van der Waals surface area contributed by atoms with E-state index in [9.17, 15) is 4.79 Å². The number of carbonyl (C=O) groups is 1. The minimum Gasteiger partial charge on any atom is -0.392 e. The second kappa shape index (κ2) is 6.84. The van der Waals surface area contributed by atoms with Crippen LogP contribution in [-0.4, -0.2) is 18.1 Å². The first kappa shape index (κ1) is 14.2. The second-order valence-electron chi connectivity index (χ2n) is 4.40. The second-order valence-corrected chi connectivity index (χ2v) is 4.40. The van der Waals surface area contributed by atoms with Crippen LogP contribution in [0.3, 0.4) is 0 Å². The number of aliphatic hydroxyl groups is 1. The van der Waals surface area contributed by atoms with E-state index in [4.69, 9.17) is 9.84 Å². The summed E-state index contributed by atoms with van der Waals surface area (Å²) in [6, 6.07) is 14.4. The number of hydrogen-bond donors (Lipinski definition) is 2. The Balaban J connectivity index is 2.15. The van der Waals surface area contributed by atoms with Crippen molar-refractivity contribution in [1.29, 1.82) is 0 Å². The molecule has 0 aliphatic carbocycles. The molecule has 0 atom stereocenters. The van der Waals surface area contributed by atoms with Crippen LogP contribution in [0.2, 0.25) is 0 Å². The zero-order chi connectivity index (χ0) is 14.4. The van der Waals surface area contributed by atoms with Gasteiger partial charge in [0.25, 0.3) is 5.91 Å². The molecule has 0 heterocycles. The van der Waals surface area contributed by atoms with Crippen LogP contribution in [0.1, 0.15) is 21.5 Å². The van der Waals surface area contributed by atoms with Crippen molar-refractivity contribution in [3.05, 3.63) is 65.2 Å². The minimum atomic E-state index is -0.172. The highest BCUT2D eigenvalue weighted by Gasteiger charge is 2.10. The molecule has 4 heteroatoms. The summed E-state index contributed by atoms with van der Waals surface area (Å²) < 4.78 is 5.09. The van der Waals surface area contributed by atoms with Gasteiger partial charge in [-0.15, -0.1) is 0 Å². The molecular weight excluding hydrogens is 254 g/mol. The number of methoxy groups -OCH3 is 1. The number of hydrogen-bond acceptors (Lipinski definition) is 3. The summed E-state index contributed by atoms with van der Waals surface area (Å²) >= 11 is 0. The molecule has 0 saturated heterocycles. The lowest BCUT2D eigenvalue weighted by atomic mass is 10.1. The molecule has 2 aromatic rings. The van der Waals surface area contributed by atoms with Gasteiger partial charge in [-0.3, -0.25) is 4.79 Å². The van der Waals surface area contributed by atoms with Crippen molar-refractivity contribution >= 4 is 11.6 Å². The Labute approximate surface area is 118 Å². The molecule has 0 fully saturated rings. The highest BCUT2D eigenvalue weighted by molar-refractivity contribution is 6.05. The molecule has 0 saturated carbocycles. The van der Waals surface area contributed by atoms with E-state index in [0.717, 1.165) is 11.1 Å². The molecule has 0 aromatic heterocycles. The summed E-state index contributed by atoms with van der Waals surface area (Å²) in [5.74, 6) is -0.172. The summed E-state index contributed by atoms with van der Waals surface area (Å²) in [6.07, 6.45) is 0. The first-order chi connectivity index (χ1) is 9.74. The van der Waals surface area contributed by atoms with Gasteiger partial charge in [-0.1, -0.05) is 30.3 Å². The number of carbonyl (C=O) groups excluding carboxylic acids is 1. The topological polar surface area (TPSA) is 58.6 Å². The maximum atomic E-state index is 12.2. The van der Waals surface area contributed by atoms with Crippen molar-refractivity contribution in [2.45, 2.75) is 13.2 Å². The van der Waals surface area contributed by atoms with Gasteiger partial charge in [0, 0.05) is 18.4 Å². The van der Waals surface area contributed by atoms with Crippen LogP contribution in [0, 0.1) is 0 Å². The van der Waals surface area contributed by atoms with Crippen LogP contribution in [-0.2, 0) is 18.0 Å². The van der Waals surface area contributed by atoms with Crippen LogP contribution in [0.4, 0.5) is 5.69 Å². The predicted molar refractivity (Wildman–Crippen MR) is 77.5 cm³/mol. The molecule has 0 spiro atoms. The van der Waals surface area contributed by atoms with E-state index < -0.39 is 0 Å². The summed E-state index contributed by atoms with van der Waals surface area (Å²) in [7, 11) is 1.60. The summed E-state index contributed by atoms with van der Waals surface area (Å²) in [5.41, 5.74) is 2.95. The monoisotopic (exact) mass is 271 g/mol. The average Bonchev–Trinajstić information content (AvgIpc) is 2.49. The van der Waals surface area contributed by atoms with Gasteiger partial charge in [0.05, 0.1) is 13.2 Å². The fourth-order valence-electron chi connectivity index (χ4n) is 1.92. The Bertz CT molecular complexity index is 579. The Morgan fingerprint density at radius 3 is 2.50 bits per heavy atom. The third kappa shape index (κ3) is 3.44. The zero-order valence-corrected chi connectivity index (χ0v) is 11.3. The molecule has 0 bridgehead atoms. The molecule has 4 nitrogen and oxygen atoms in total. The van der Waals surface area contributed by atoms with Crippen molar-refractivity contribution in [2.75, 3.05) is 12.4 Å². The first-order valence-electron chi connectivity index (χ1n) is 6.32. The molecule has 2 aromatic carbocycles. The van der Waals surface area contributed by atoms with E-state index in [1.54, 1.807) is 37.4 Å². The largest absolute Gasteiger partial charge is 0.392 e. The molecule has 104 valence electrons. The summed E-state index contributed by atoms with van der Waals surface area (Å²) in [6.45, 7) is 0.387. The number of amides is 1. The third-order valence-electron chi connectivity index (χ3n) is 2.96. The first-order valence-corrected chi connectivity index (χ1v) is 6.32. The smallest absolute Gasteiger partial charge is 0.256 e. The van der Waals surface area contributed by atoms with Gasteiger partial charge in [0.2, 0.25) is 0 Å². The lowest BCUT2D eigenvalue weighted by Crippen LogP contribution is -2.14. The average molecular weight is 271 g/mol. The molecular formula is C16H17NO3. The molecule has 20 heavy (non-hydrogen) atoms. The number of rotatable bonds is 5. The van der Waals surface area contributed by atoms with Crippen LogP contribution < -0.4 is 5.32 Å². The molecule has 0 aliphatic heterocycles. The van der Waals surface area contributed by atoms with Crippen LogP contribution in [0.5, 0.6) is 0 Å². The minimum absolute atomic E-state index is 0.00903. The van der Waals surface area contributed by atoms with Crippen molar-refractivity contribution in [2.24, 2.45) is 0 Å². The number of aliphatic hydroxyl groups excluding tert-OH is 1. The molecule has 2 rings (SSSR count). The van der Waals surface area contributed by atoms with E-state index in [1.165, 1.54) is 0 Å². The lowest BCUT2D eigenvalue weighted by Gasteiger charge is -2.10. The molecule has 1 amide bonds. The fraction of sp³-hybridized carbons (Fsp3) is 0.188. The Morgan fingerprint density at radius 2 is 1.85 bits per heavy atom. The fourth-order valence-corrected chi connectivity index (χ4v) is 1.92. The van der Waals surface area contributed by atoms with Gasteiger partial charge in [-0.25, -0.2) is 0 Å². The van der Waals surface area contributed by atoms with E-state index in [0.29, 0.717) is 17.9 Å². The number of benzene rings is 2. The van der Waals surface area contributed by atoms with E-state index in [1.807, 2.05) is 18.2 Å². The van der Waals surface area contributed by atoms with Gasteiger partial charge in [0.1, 0.15) is 0 Å². The van der Waals surface area contributed by atoms with Crippen molar-refractivity contribution in [3.8, 4) is 0 Å². The normalized spacial score (nSPS) is 10.3. The maximum Gasteiger partial charge on any atom is 0.256 e. The highest BCUT2D eigenvalue weighted by atomic mass is 16.5. The van der Waals surface area contributed by atoms with Gasteiger partial charge in [-0.05, 0) is 29.3 Å². The molecule has 0 unspecified atom stereocenters. The van der Waals surface area contributed by atoms with Gasteiger partial charge < -0.3 is 15.2 Å². The maximum absolute atomic E-state index is 12.2. The van der Waals surface area contributed by atoms with E-state index in [-0.39, 0.29) is 12.5 Å². The van der Waals surface area contributed by atoms with Crippen LogP contribution in [0.15, 0.2) is 48.5 Å². The standard InChI is InChI=1S/C16H17NO3/c1-20-11-13-4-2-3-5-15(13)16(19)17-14-8-6-12(10-18)7-9-14/h2-9,18H,10-11H2,1H3,(H,17,19). The number of anilines is 1. The van der Waals surface area contributed by atoms with Crippen molar-refractivity contribution in [3.63, 3.8) is 0 Å². The summed E-state index contributed by atoms with van der Waals surface area (Å²) in [4.78, 5) is 12.2. The lowest BCUT2D eigenvalue weighted by molar-refractivity contribution is 0.102. The molecule has 2 N–H and O–H groups in total. The quantitative estimate of drug-likeness (QED) is 0.878. The van der Waals surface area contributed by atoms with Crippen LogP contribution in [0.25, 0.3) is 0 Å². The van der Waals surface area contributed by atoms with E-state index in [2.05, 4.69) is 5.32 Å². The predicted octanol–water partition coefficient (Wildman–Crippen LogP) is 2.58. The Morgan fingerprint density at radius 1 is 1.15 bits per heavy atom. The number of ether oxygens (including phenoxy) is 1. The molecule has 0 radical (unpaired) electrons. The number of nitrogens with one attached hydrogen (secondary N) is 1. The van der Waals surface area contributed by atoms with Crippen molar-refractivity contribution < 1.29 is 14.6 Å². The van der Waals surface area contributed by atoms with Gasteiger partial charge in [-0.2, -0.15) is 0 Å². The highest BCUT2D eigenvalue weighted by Crippen LogP contribution is 2.14. The van der Waals surface area contributed by atoms with Crippen LogP contribution >= 0.6 is 0 Å². The van der Waals surface area contributed by atoms with Gasteiger partial charge in [0.15, 0.2) is 0 Å². The summed E-state index contributed by atoms with van der Waals surface area (Å²) in [5, 5.41) is 11.8. The Kier molecular flexibility index (Phi) is 4.87.